The van der Waals surface area contributed by atoms with E-state index in [9.17, 15) is 9.00 Å². The van der Waals surface area contributed by atoms with E-state index in [2.05, 4.69) is 0 Å². The van der Waals surface area contributed by atoms with E-state index >= 15 is 0 Å². The van der Waals surface area contributed by atoms with Crippen molar-refractivity contribution >= 4 is 16.6 Å². The molecule has 2 unspecified atom stereocenters. The Morgan fingerprint density at radius 1 is 1.38 bits per heavy atom. The molecule has 16 heavy (non-hydrogen) atoms. The highest BCUT2D eigenvalue weighted by molar-refractivity contribution is 7.85. The van der Waals surface area contributed by atoms with Gasteiger partial charge >= 0.3 is 0 Å². The van der Waals surface area contributed by atoms with Crippen LogP contribution in [0.15, 0.2) is 29.2 Å². The van der Waals surface area contributed by atoms with Gasteiger partial charge in [-0.15, -0.1) is 0 Å². The molecule has 0 saturated carbocycles. The lowest BCUT2D eigenvalue weighted by Gasteiger charge is -2.08. The van der Waals surface area contributed by atoms with Crippen LogP contribution in [-0.4, -0.2) is 15.7 Å². The van der Waals surface area contributed by atoms with E-state index in [1.54, 1.807) is 0 Å². The SMILES string of the molecule is CCC(C)C(=O)CS(=O)c1ccccc1C. The summed E-state index contributed by atoms with van der Waals surface area (Å²) in [5, 5.41) is 0. The molecular formula is C13H18O2S. The molecule has 0 bridgehead atoms. The number of benzene rings is 1. The predicted octanol–water partition coefficient (Wildman–Crippen LogP) is 2.72. The Bertz CT molecular complexity index is 399. The van der Waals surface area contributed by atoms with Gasteiger partial charge in [-0.1, -0.05) is 32.0 Å². The Labute approximate surface area is 99.5 Å². The van der Waals surface area contributed by atoms with Crippen molar-refractivity contribution in [3.8, 4) is 0 Å². The maximum absolute atomic E-state index is 12.0. The minimum absolute atomic E-state index is 0.00738. The van der Waals surface area contributed by atoms with Gasteiger partial charge < -0.3 is 0 Å². The van der Waals surface area contributed by atoms with Gasteiger partial charge in [0.05, 0.1) is 16.6 Å². The second-order valence-electron chi connectivity index (χ2n) is 4.03. The molecule has 2 nitrogen and oxygen atoms in total. The van der Waals surface area contributed by atoms with Crippen LogP contribution >= 0.6 is 0 Å². The number of Topliss-reactive ketones (excluding diaryl/α,β-unsaturated/α-hetero) is 1. The van der Waals surface area contributed by atoms with Gasteiger partial charge in [0, 0.05) is 10.8 Å². The highest BCUT2D eigenvalue weighted by atomic mass is 32.2. The standard InChI is InChI=1S/C13H18O2S/c1-4-10(2)12(14)9-16(15)13-8-6-5-7-11(13)3/h5-8,10H,4,9H2,1-3H3. The van der Waals surface area contributed by atoms with Crippen molar-refractivity contribution in [2.75, 3.05) is 5.75 Å². The molecule has 0 aliphatic carbocycles. The number of hydrogen-bond donors (Lipinski definition) is 0. The van der Waals surface area contributed by atoms with E-state index in [4.69, 9.17) is 0 Å². The zero-order valence-corrected chi connectivity index (χ0v) is 10.8. The summed E-state index contributed by atoms with van der Waals surface area (Å²) in [5.74, 6) is 0.233. The molecule has 2 atom stereocenters. The van der Waals surface area contributed by atoms with Crippen molar-refractivity contribution in [2.45, 2.75) is 32.1 Å². The highest BCUT2D eigenvalue weighted by Gasteiger charge is 2.16. The van der Waals surface area contributed by atoms with Gasteiger partial charge in [-0.05, 0) is 25.0 Å². The molecule has 0 aliphatic heterocycles. The molecule has 0 N–H and O–H groups in total. The molecule has 0 fully saturated rings. The van der Waals surface area contributed by atoms with E-state index in [1.807, 2.05) is 45.0 Å². The number of aryl methyl sites for hydroxylation is 1. The minimum atomic E-state index is -1.20. The maximum Gasteiger partial charge on any atom is 0.148 e. The molecule has 88 valence electrons. The quantitative estimate of drug-likeness (QED) is 0.790. The lowest BCUT2D eigenvalue weighted by molar-refractivity contribution is -0.119. The van der Waals surface area contributed by atoms with Gasteiger partial charge in [-0.3, -0.25) is 9.00 Å². The lowest BCUT2D eigenvalue weighted by atomic mass is 10.1. The number of carbonyl (C=O) groups excluding carboxylic acids is 1. The normalized spacial score (nSPS) is 14.4. The second-order valence-corrected chi connectivity index (χ2v) is 5.45. The van der Waals surface area contributed by atoms with Gasteiger partial charge in [0.1, 0.15) is 5.78 Å². The molecular weight excluding hydrogens is 220 g/mol. The number of ketones is 1. The van der Waals surface area contributed by atoms with Gasteiger partial charge in [0.15, 0.2) is 0 Å². The van der Waals surface area contributed by atoms with Crippen LogP contribution in [0, 0.1) is 12.8 Å². The molecule has 0 aliphatic rings. The van der Waals surface area contributed by atoms with E-state index in [0.717, 1.165) is 16.9 Å². The Hall–Kier alpha value is -0.960. The zero-order valence-electron chi connectivity index (χ0n) is 10.0. The Kier molecular flexibility index (Phi) is 4.87. The second kappa shape index (κ2) is 5.94. The first-order chi connectivity index (χ1) is 7.56. The maximum atomic E-state index is 12.0. The third-order valence-electron chi connectivity index (χ3n) is 2.77. The third-order valence-corrected chi connectivity index (χ3v) is 4.27. The predicted molar refractivity (Wildman–Crippen MR) is 66.9 cm³/mol. The van der Waals surface area contributed by atoms with Crippen LogP contribution in [-0.2, 0) is 15.6 Å². The molecule has 1 aromatic carbocycles. The molecule has 1 rings (SSSR count). The third kappa shape index (κ3) is 3.27. The summed E-state index contributed by atoms with van der Waals surface area (Å²) in [5.41, 5.74) is 0.984. The van der Waals surface area contributed by atoms with Crippen LogP contribution in [0.4, 0.5) is 0 Å². The van der Waals surface area contributed by atoms with Crippen LogP contribution in [0.5, 0.6) is 0 Å². The fourth-order valence-electron chi connectivity index (χ4n) is 1.39. The summed E-state index contributed by atoms with van der Waals surface area (Å²) >= 11 is 0. The molecule has 0 heterocycles. The largest absolute Gasteiger partial charge is 0.298 e. The van der Waals surface area contributed by atoms with E-state index in [0.29, 0.717) is 0 Å². The van der Waals surface area contributed by atoms with Crippen molar-refractivity contribution in [3.05, 3.63) is 29.8 Å². The first-order valence-electron chi connectivity index (χ1n) is 5.53. The first kappa shape index (κ1) is 13.1. The van der Waals surface area contributed by atoms with Crippen LogP contribution in [0.3, 0.4) is 0 Å². The fraction of sp³-hybridized carbons (Fsp3) is 0.462. The van der Waals surface area contributed by atoms with E-state index in [-0.39, 0.29) is 17.5 Å². The summed E-state index contributed by atoms with van der Waals surface area (Å²) < 4.78 is 12.0. The van der Waals surface area contributed by atoms with Gasteiger partial charge in [-0.25, -0.2) is 0 Å². The van der Waals surface area contributed by atoms with Gasteiger partial charge in [0.25, 0.3) is 0 Å². The first-order valence-corrected chi connectivity index (χ1v) is 6.84. The van der Waals surface area contributed by atoms with Crippen molar-refractivity contribution in [1.82, 2.24) is 0 Å². The van der Waals surface area contributed by atoms with Crippen LogP contribution in [0.1, 0.15) is 25.8 Å². The lowest BCUT2D eigenvalue weighted by Crippen LogP contribution is -2.18. The van der Waals surface area contributed by atoms with E-state index < -0.39 is 10.8 Å². The van der Waals surface area contributed by atoms with Crippen molar-refractivity contribution < 1.29 is 9.00 Å². The van der Waals surface area contributed by atoms with Crippen molar-refractivity contribution in [2.24, 2.45) is 5.92 Å². The molecule has 0 aromatic heterocycles. The summed E-state index contributed by atoms with van der Waals surface area (Å²) in [7, 11) is -1.20. The van der Waals surface area contributed by atoms with E-state index in [1.165, 1.54) is 0 Å². The highest BCUT2D eigenvalue weighted by Crippen LogP contribution is 2.14. The molecule has 0 spiro atoms. The molecule has 0 saturated heterocycles. The van der Waals surface area contributed by atoms with Crippen LogP contribution < -0.4 is 0 Å². The Morgan fingerprint density at radius 3 is 2.56 bits per heavy atom. The zero-order chi connectivity index (χ0) is 12.1. The minimum Gasteiger partial charge on any atom is -0.298 e. The summed E-state index contributed by atoms with van der Waals surface area (Å²) in [6.45, 7) is 5.78. The molecule has 3 heteroatoms. The smallest absolute Gasteiger partial charge is 0.148 e. The summed E-state index contributed by atoms with van der Waals surface area (Å²) in [4.78, 5) is 12.5. The summed E-state index contributed by atoms with van der Waals surface area (Å²) in [6, 6.07) is 7.51. The fourth-order valence-corrected chi connectivity index (χ4v) is 2.74. The van der Waals surface area contributed by atoms with Gasteiger partial charge in [0.2, 0.25) is 0 Å². The van der Waals surface area contributed by atoms with Gasteiger partial charge in [-0.2, -0.15) is 0 Å². The molecule has 0 amide bonds. The monoisotopic (exact) mass is 238 g/mol. The number of hydrogen-bond acceptors (Lipinski definition) is 2. The van der Waals surface area contributed by atoms with Crippen molar-refractivity contribution in [1.29, 1.82) is 0 Å². The molecule has 1 aromatic rings. The molecule has 0 radical (unpaired) electrons. The number of carbonyl (C=O) groups is 1. The Morgan fingerprint density at radius 2 is 2.00 bits per heavy atom. The topological polar surface area (TPSA) is 34.1 Å². The Balaban J connectivity index is 2.74. The average Bonchev–Trinajstić information content (AvgIpc) is 2.28. The van der Waals surface area contributed by atoms with Crippen molar-refractivity contribution in [3.63, 3.8) is 0 Å². The van der Waals surface area contributed by atoms with Crippen LogP contribution in [0.2, 0.25) is 0 Å². The summed E-state index contributed by atoms with van der Waals surface area (Å²) in [6.07, 6.45) is 0.809. The van der Waals surface area contributed by atoms with Crippen LogP contribution in [0.25, 0.3) is 0 Å². The number of rotatable bonds is 5. The average molecular weight is 238 g/mol.